The Morgan fingerprint density at radius 3 is 2.55 bits per heavy atom. The molecule has 0 saturated carbocycles. The van der Waals surface area contributed by atoms with Crippen molar-refractivity contribution in [2.75, 3.05) is 19.6 Å². The lowest BCUT2D eigenvalue weighted by Crippen LogP contribution is -2.38. The van der Waals surface area contributed by atoms with E-state index in [2.05, 4.69) is 29.5 Å². The molecule has 3 nitrogen and oxygen atoms in total. The van der Waals surface area contributed by atoms with Crippen LogP contribution in [-0.2, 0) is 6.42 Å². The first kappa shape index (κ1) is 19.1. The number of nitrogens with zero attached hydrogens (tertiary/aromatic N) is 1. The van der Waals surface area contributed by atoms with Crippen LogP contribution in [0.2, 0.25) is 0 Å². The molecular weight excluding hydrogens is 368 g/mol. The summed E-state index contributed by atoms with van der Waals surface area (Å²) in [5.41, 5.74) is 0.731. The Balaban J connectivity index is 0.00000361. The van der Waals surface area contributed by atoms with Gasteiger partial charge < -0.3 is 10.6 Å². The maximum absolute atomic E-state index is 13.4. The molecule has 5 heteroatoms. The molecule has 0 aromatic heterocycles. The number of aliphatic imine (C=N–C) groups is 1. The average molecular weight is 393 g/mol. The molecule has 0 aliphatic heterocycles. The standard InChI is InChI=1S/C15H24FN3.HI/c1-4-17-15(19-11-12(2)3)18-10-9-13-7-5-6-8-14(13)16;/h5-8,12H,4,9-11H2,1-3H3,(H2,17,18,19);1H. The van der Waals surface area contributed by atoms with E-state index in [1.165, 1.54) is 6.07 Å². The SMILES string of the molecule is CCNC(=NCC(C)C)NCCc1ccccc1F.I. The minimum absolute atomic E-state index is 0. The highest BCUT2D eigenvalue weighted by molar-refractivity contribution is 14.0. The number of hydrogen-bond donors (Lipinski definition) is 2. The third-order valence-electron chi connectivity index (χ3n) is 2.60. The smallest absolute Gasteiger partial charge is 0.191 e. The number of rotatable bonds is 6. The van der Waals surface area contributed by atoms with Crippen molar-refractivity contribution in [3.8, 4) is 0 Å². The summed E-state index contributed by atoms with van der Waals surface area (Å²) in [5, 5.41) is 6.41. The van der Waals surface area contributed by atoms with Gasteiger partial charge in [0, 0.05) is 19.6 Å². The van der Waals surface area contributed by atoms with Gasteiger partial charge in [-0.15, -0.1) is 24.0 Å². The van der Waals surface area contributed by atoms with Crippen molar-refractivity contribution < 1.29 is 4.39 Å². The summed E-state index contributed by atoms with van der Waals surface area (Å²) in [6.45, 7) is 8.58. The maximum atomic E-state index is 13.4. The molecule has 0 unspecified atom stereocenters. The van der Waals surface area contributed by atoms with Gasteiger partial charge in [0.25, 0.3) is 0 Å². The van der Waals surface area contributed by atoms with Crippen LogP contribution < -0.4 is 10.6 Å². The normalized spacial score (nSPS) is 11.2. The molecule has 1 aromatic rings. The topological polar surface area (TPSA) is 36.4 Å². The van der Waals surface area contributed by atoms with Gasteiger partial charge in [-0.1, -0.05) is 32.0 Å². The number of benzene rings is 1. The molecule has 0 atom stereocenters. The second kappa shape index (κ2) is 10.9. The van der Waals surface area contributed by atoms with Crippen LogP contribution in [0.25, 0.3) is 0 Å². The van der Waals surface area contributed by atoms with Gasteiger partial charge in [-0.2, -0.15) is 0 Å². The highest BCUT2D eigenvalue weighted by atomic mass is 127. The molecule has 0 aliphatic carbocycles. The Morgan fingerprint density at radius 2 is 1.95 bits per heavy atom. The Bertz CT molecular complexity index is 408. The van der Waals surface area contributed by atoms with E-state index < -0.39 is 0 Å². The molecular formula is C15H25FIN3. The molecule has 0 heterocycles. The lowest BCUT2D eigenvalue weighted by atomic mass is 10.1. The molecule has 0 amide bonds. The molecule has 0 spiro atoms. The second-order valence-corrected chi connectivity index (χ2v) is 4.88. The number of guanidine groups is 1. The molecule has 0 radical (unpaired) electrons. The summed E-state index contributed by atoms with van der Waals surface area (Å²) in [6, 6.07) is 6.87. The summed E-state index contributed by atoms with van der Waals surface area (Å²) in [5.74, 6) is 1.18. The molecule has 0 saturated heterocycles. The molecule has 0 aliphatic rings. The van der Waals surface area contributed by atoms with Crippen LogP contribution in [0, 0.1) is 11.7 Å². The van der Waals surface area contributed by atoms with Gasteiger partial charge in [-0.3, -0.25) is 4.99 Å². The van der Waals surface area contributed by atoms with Crippen molar-refractivity contribution in [1.29, 1.82) is 0 Å². The van der Waals surface area contributed by atoms with Gasteiger partial charge in [0.1, 0.15) is 5.82 Å². The molecule has 2 N–H and O–H groups in total. The van der Waals surface area contributed by atoms with Crippen molar-refractivity contribution in [1.82, 2.24) is 10.6 Å². The van der Waals surface area contributed by atoms with Crippen LogP contribution in [0.3, 0.4) is 0 Å². The first-order chi connectivity index (χ1) is 9.13. The minimum atomic E-state index is -0.145. The molecule has 1 aromatic carbocycles. The minimum Gasteiger partial charge on any atom is -0.357 e. The summed E-state index contributed by atoms with van der Waals surface area (Å²) < 4.78 is 13.4. The fraction of sp³-hybridized carbons (Fsp3) is 0.533. The predicted molar refractivity (Wildman–Crippen MR) is 94.3 cm³/mol. The van der Waals surface area contributed by atoms with E-state index in [4.69, 9.17) is 0 Å². The molecule has 114 valence electrons. The lowest BCUT2D eigenvalue weighted by Gasteiger charge is -2.12. The fourth-order valence-corrected chi connectivity index (χ4v) is 1.63. The Labute approximate surface area is 138 Å². The quantitative estimate of drug-likeness (QED) is 0.443. The first-order valence-electron chi connectivity index (χ1n) is 6.89. The highest BCUT2D eigenvalue weighted by Gasteiger charge is 2.02. The third-order valence-corrected chi connectivity index (χ3v) is 2.60. The zero-order valence-electron chi connectivity index (χ0n) is 12.4. The Morgan fingerprint density at radius 1 is 1.25 bits per heavy atom. The lowest BCUT2D eigenvalue weighted by molar-refractivity contribution is 0.606. The van der Waals surface area contributed by atoms with Crippen LogP contribution >= 0.6 is 24.0 Å². The van der Waals surface area contributed by atoms with E-state index in [0.717, 1.165) is 24.6 Å². The van der Waals surface area contributed by atoms with Crippen molar-refractivity contribution in [2.45, 2.75) is 27.2 Å². The zero-order chi connectivity index (χ0) is 14.1. The van der Waals surface area contributed by atoms with Crippen molar-refractivity contribution in [2.24, 2.45) is 10.9 Å². The van der Waals surface area contributed by atoms with Crippen LogP contribution in [0.1, 0.15) is 26.3 Å². The first-order valence-corrected chi connectivity index (χ1v) is 6.89. The summed E-state index contributed by atoms with van der Waals surface area (Å²) in [4.78, 5) is 4.47. The van der Waals surface area contributed by atoms with Gasteiger partial charge in [-0.05, 0) is 30.9 Å². The van der Waals surface area contributed by atoms with E-state index in [-0.39, 0.29) is 29.8 Å². The number of halogens is 2. The Kier molecular flexibility index (Phi) is 10.4. The monoisotopic (exact) mass is 393 g/mol. The third kappa shape index (κ3) is 7.67. The fourth-order valence-electron chi connectivity index (χ4n) is 1.63. The molecule has 0 fully saturated rings. The van der Waals surface area contributed by atoms with Gasteiger partial charge in [-0.25, -0.2) is 4.39 Å². The van der Waals surface area contributed by atoms with Crippen LogP contribution in [0.4, 0.5) is 4.39 Å². The summed E-state index contributed by atoms with van der Waals surface area (Å²) >= 11 is 0. The molecule has 20 heavy (non-hydrogen) atoms. The van der Waals surface area contributed by atoms with Crippen LogP contribution in [0.15, 0.2) is 29.3 Å². The maximum Gasteiger partial charge on any atom is 0.191 e. The van der Waals surface area contributed by atoms with Gasteiger partial charge >= 0.3 is 0 Å². The molecule has 1 rings (SSSR count). The highest BCUT2D eigenvalue weighted by Crippen LogP contribution is 2.06. The van der Waals surface area contributed by atoms with Gasteiger partial charge in [0.15, 0.2) is 5.96 Å². The Hall–Kier alpha value is -0.850. The largest absolute Gasteiger partial charge is 0.357 e. The van der Waals surface area contributed by atoms with Gasteiger partial charge in [0.05, 0.1) is 0 Å². The second-order valence-electron chi connectivity index (χ2n) is 4.88. The summed E-state index contributed by atoms with van der Waals surface area (Å²) in [7, 11) is 0. The van der Waals surface area contributed by atoms with E-state index in [1.54, 1.807) is 6.07 Å². The average Bonchev–Trinajstić information content (AvgIpc) is 2.38. The van der Waals surface area contributed by atoms with E-state index in [9.17, 15) is 4.39 Å². The van der Waals surface area contributed by atoms with E-state index in [0.29, 0.717) is 18.9 Å². The van der Waals surface area contributed by atoms with Crippen molar-refractivity contribution in [3.63, 3.8) is 0 Å². The number of nitrogens with one attached hydrogen (secondary N) is 2. The zero-order valence-corrected chi connectivity index (χ0v) is 14.8. The molecule has 0 bridgehead atoms. The van der Waals surface area contributed by atoms with Crippen LogP contribution in [0.5, 0.6) is 0 Å². The predicted octanol–water partition coefficient (Wildman–Crippen LogP) is 3.20. The van der Waals surface area contributed by atoms with E-state index >= 15 is 0 Å². The van der Waals surface area contributed by atoms with E-state index in [1.807, 2.05) is 19.1 Å². The van der Waals surface area contributed by atoms with Gasteiger partial charge in [0.2, 0.25) is 0 Å². The van der Waals surface area contributed by atoms with Crippen molar-refractivity contribution >= 4 is 29.9 Å². The number of hydrogen-bond acceptors (Lipinski definition) is 1. The summed E-state index contributed by atoms with van der Waals surface area (Å²) in [6.07, 6.45) is 0.652. The van der Waals surface area contributed by atoms with Crippen LogP contribution in [-0.4, -0.2) is 25.6 Å². The van der Waals surface area contributed by atoms with Crippen molar-refractivity contribution in [3.05, 3.63) is 35.6 Å².